The Morgan fingerprint density at radius 3 is 2.70 bits per heavy atom. The van der Waals surface area contributed by atoms with Crippen LogP contribution in [0.2, 0.25) is 5.02 Å². The molecular weight excluding hydrogens is 407 g/mol. The van der Waals surface area contributed by atoms with Crippen LogP contribution in [0.1, 0.15) is 30.5 Å². The van der Waals surface area contributed by atoms with E-state index in [-0.39, 0.29) is 34.2 Å². The van der Waals surface area contributed by atoms with Crippen molar-refractivity contribution in [2.75, 3.05) is 6.61 Å². The van der Waals surface area contributed by atoms with Crippen LogP contribution >= 0.6 is 11.6 Å². The summed E-state index contributed by atoms with van der Waals surface area (Å²) in [5, 5.41) is 11.7. The number of nitrogens with one attached hydrogen (secondary N) is 1. The standard InChI is InChI=1S/C22H20ClFN4O2/c23-17-7-6-16(8-18(17)24)30-11-20(29)25-22-12-21(13-22,14-22)19-10-28(27-26-19)9-15-4-2-1-3-5-15/h1-8,10H,9,11-14H2,(H,25,29). The molecule has 0 atom stereocenters. The molecule has 3 aliphatic rings. The van der Waals surface area contributed by atoms with Crippen molar-refractivity contribution < 1.29 is 13.9 Å². The number of ether oxygens (including phenoxy) is 1. The SMILES string of the molecule is O=C(COc1ccc(Cl)c(F)c1)NC12CC(c3cn(Cc4ccccc4)nn3)(C1)C2. The van der Waals surface area contributed by atoms with Crippen molar-refractivity contribution in [1.82, 2.24) is 20.3 Å². The number of rotatable bonds is 7. The predicted octanol–water partition coefficient (Wildman–Crippen LogP) is 3.49. The molecule has 3 aliphatic carbocycles. The lowest BCUT2D eigenvalue weighted by Gasteiger charge is -2.69. The number of aromatic nitrogens is 3. The Kier molecular flexibility index (Phi) is 4.50. The molecule has 1 N–H and O–H groups in total. The van der Waals surface area contributed by atoms with E-state index in [1.165, 1.54) is 23.8 Å². The highest BCUT2D eigenvalue weighted by Crippen LogP contribution is 2.67. The summed E-state index contributed by atoms with van der Waals surface area (Å²) >= 11 is 5.65. The van der Waals surface area contributed by atoms with E-state index in [1.807, 2.05) is 29.1 Å². The second kappa shape index (κ2) is 7.09. The highest BCUT2D eigenvalue weighted by Gasteiger charge is 2.70. The topological polar surface area (TPSA) is 69.0 Å². The minimum Gasteiger partial charge on any atom is -0.484 e. The summed E-state index contributed by atoms with van der Waals surface area (Å²) in [6.07, 6.45) is 4.57. The molecule has 1 amide bonds. The van der Waals surface area contributed by atoms with Gasteiger partial charge in [0.25, 0.3) is 5.91 Å². The maximum Gasteiger partial charge on any atom is 0.258 e. The van der Waals surface area contributed by atoms with Crippen molar-refractivity contribution in [3.05, 3.63) is 76.8 Å². The largest absolute Gasteiger partial charge is 0.484 e. The molecule has 0 aliphatic heterocycles. The fourth-order valence-corrected chi connectivity index (χ4v) is 4.75. The van der Waals surface area contributed by atoms with Crippen LogP contribution in [0.4, 0.5) is 4.39 Å². The molecule has 6 nitrogen and oxygen atoms in total. The Labute approximate surface area is 178 Å². The molecule has 3 fully saturated rings. The number of carbonyl (C=O) groups excluding carboxylic acids is 1. The Balaban J connectivity index is 1.13. The van der Waals surface area contributed by atoms with Gasteiger partial charge in [0, 0.05) is 23.2 Å². The van der Waals surface area contributed by atoms with Crippen LogP contribution in [0.3, 0.4) is 0 Å². The fourth-order valence-electron chi connectivity index (χ4n) is 4.63. The number of halogens is 2. The van der Waals surface area contributed by atoms with Crippen LogP contribution in [-0.2, 0) is 16.8 Å². The monoisotopic (exact) mass is 426 g/mol. The predicted molar refractivity (Wildman–Crippen MR) is 109 cm³/mol. The molecular formula is C22H20ClFN4O2. The van der Waals surface area contributed by atoms with Crippen LogP contribution in [0.15, 0.2) is 54.7 Å². The lowest BCUT2D eigenvalue weighted by molar-refractivity contribution is -0.140. The zero-order valence-corrected chi connectivity index (χ0v) is 16.9. The van der Waals surface area contributed by atoms with E-state index in [1.54, 1.807) is 0 Å². The molecule has 0 unspecified atom stereocenters. The van der Waals surface area contributed by atoms with E-state index in [9.17, 15) is 9.18 Å². The Bertz CT molecular complexity index is 1080. The molecule has 6 rings (SSSR count). The van der Waals surface area contributed by atoms with Crippen LogP contribution < -0.4 is 10.1 Å². The van der Waals surface area contributed by atoms with Crippen molar-refractivity contribution in [2.24, 2.45) is 0 Å². The minimum absolute atomic E-state index is 0.0163. The summed E-state index contributed by atoms with van der Waals surface area (Å²) in [6.45, 7) is 0.525. The van der Waals surface area contributed by atoms with Gasteiger partial charge in [-0.25, -0.2) is 9.07 Å². The second-order valence-corrected chi connectivity index (χ2v) is 8.70. The molecule has 30 heavy (non-hydrogen) atoms. The lowest BCUT2D eigenvalue weighted by atomic mass is 9.38. The van der Waals surface area contributed by atoms with Gasteiger partial charge >= 0.3 is 0 Å². The fraction of sp³-hybridized carbons (Fsp3) is 0.318. The number of nitrogens with zero attached hydrogens (tertiary/aromatic N) is 3. The van der Waals surface area contributed by atoms with E-state index in [0.29, 0.717) is 6.54 Å². The number of hydrogen-bond acceptors (Lipinski definition) is 4. The quantitative estimate of drug-likeness (QED) is 0.628. The van der Waals surface area contributed by atoms with Gasteiger partial charge in [-0.3, -0.25) is 4.79 Å². The van der Waals surface area contributed by atoms with Gasteiger partial charge in [0.05, 0.1) is 17.3 Å². The summed E-state index contributed by atoms with van der Waals surface area (Å²) in [4.78, 5) is 12.3. The molecule has 2 bridgehead atoms. The van der Waals surface area contributed by atoms with Gasteiger partial charge in [-0.15, -0.1) is 5.10 Å². The number of hydrogen-bond donors (Lipinski definition) is 1. The highest BCUT2D eigenvalue weighted by atomic mass is 35.5. The van der Waals surface area contributed by atoms with Crippen molar-refractivity contribution in [3.63, 3.8) is 0 Å². The van der Waals surface area contributed by atoms with Crippen LogP contribution in [0, 0.1) is 5.82 Å². The average Bonchev–Trinajstić information content (AvgIpc) is 3.13. The maximum atomic E-state index is 13.4. The van der Waals surface area contributed by atoms with E-state index in [0.717, 1.165) is 25.0 Å². The first kappa shape index (κ1) is 19.1. The van der Waals surface area contributed by atoms with Gasteiger partial charge in [0.1, 0.15) is 11.6 Å². The van der Waals surface area contributed by atoms with E-state index < -0.39 is 5.82 Å². The minimum atomic E-state index is -0.573. The molecule has 1 aromatic heterocycles. The molecule has 0 spiro atoms. The average molecular weight is 427 g/mol. The van der Waals surface area contributed by atoms with E-state index in [2.05, 4.69) is 27.8 Å². The highest BCUT2D eigenvalue weighted by molar-refractivity contribution is 6.30. The van der Waals surface area contributed by atoms with Gasteiger partial charge in [-0.05, 0) is 37.0 Å². The van der Waals surface area contributed by atoms with Crippen molar-refractivity contribution in [3.8, 4) is 5.75 Å². The maximum absolute atomic E-state index is 13.4. The summed E-state index contributed by atoms with van der Waals surface area (Å²) in [7, 11) is 0. The molecule has 3 saturated carbocycles. The van der Waals surface area contributed by atoms with Gasteiger partial charge in [-0.1, -0.05) is 47.1 Å². The number of amides is 1. The van der Waals surface area contributed by atoms with Gasteiger partial charge in [-0.2, -0.15) is 0 Å². The third-order valence-electron chi connectivity index (χ3n) is 5.97. The number of benzene rings is 2. The normalized spacial score (nSPS) is 23.9. The van der Waals surface area contributed by atoms with Crippen molar-refractivity contribution in [1.29, 1.82) is 0 Å². The first-order chi connectivity index (χ1) is 14.5. The zero-order valence-electron chi connectivity index (χ0n) is 16.1. The van der Waals surface area contributed by atoms with E-state index in [4.69, 9.17) is 16.3 Å². The Morgan fingerprint density at radius 1 is 1.20 bits per heavy atom. The van der Waals surface area contributed by atoms with Crippen LogP contribution in [-0.4, -0.2) is 33.0 Å². The molecule has 8 heteroatoms. The van der Waals surface area contributed by atoms with Crippen LogP contribution in [0.25, 0.3) is 0 Å². The van der Waals surface area contributed by atoms with E-state index >= 15 is 0 Å². The zero-order chi connectivity index (χ0) is 20.8. The molecule has 0 saturated heterocycles. The molecule has 2 aromatic carbocycles. The van der Waals surface area contributed by atoms with Gasteiger partial charge in [0.15, 0.2) is 6.61 Å². The number of carbonyl (C=O) groups is 1. The third kappa shape index (κ3) is 3.43. The van der Waals surface area contributed by atoms with Crippen LogP contribution in [0.5, 0.6) is 5.75 Å². The Hall–Kier alpha value is -2.93. The summed E-state index contributed by atoms with van der Waals surface area (Å²) in [5.41, 5.74) is 2.00. The smallest absolute Gasteiger partial charge is 0.258 e. The molecule has 0 radical (unpaired) electrons. The summed E-state index contributed by atoms with van der Waals surface area (Å²) in [5.74, 6) is -0.515. The lowest BCUT2D eigenvalue weighted by Crippen LogP contribution is -2.77. The van der Waals surface area contributed by atoms with Crippen molar-refractivity contribution >= 4 is 17.5 Å². The summed E-state index contributed by atoms with van der Waals surface area (Å²) in [6, 6.07) is 14.2. The molecule has 1 heterocycles. The first-order valence-electron chi connectivity index (χ1n) is 9.79. The van der Waals surface area contributed by atoms with Gasteiger partial charge in [0.2, 0.25) is 0 Å². The molecule has 3 aromatic rings. The van der Waals surface area contributed by atoms with Gasteiger partial charge < -0.3 is 10.1 Å². The first-order valence-corrected chi connectivity index (χ1v) is 10.2. The Morgan fingerprint density at radius 2 is 1.97 bits per heavy atom. The third-order valence-corrected chi connectivity index (χ3v) is 6.27. The van der Waals surface area contributed by atoms with Crippen molar-refractivity contribution in [2.45, 2.75) is 36.8 Å². The summed E-state index contributed by atoms with van der Waals surface area (Å²) < 4.78 is 20.7. The second-order valence-electron chi connectivity index (χ2n) is 8.29. The molecule has 154 valence electrons.